The Labute approximate surface area is 209 Å². The van der Waals surface area contributed by atoms with Gasteiger partial charge >= 0.3 is 0 Å². The third kappa shape index (κ3) is 6.82. The van der Waals surface area contributed by atoms with Gasteiger partial charge in [0, 0.05) is 12.6 Å². The SMILES string of the molecule is O=C(NCC(=O)N(CCc1ccccc1)C(C(=O)NC1CCCCC1)c1ccco1)c1cccs1. The molecule has 0 spiro atoms. The predicted molar refractivity (Wildman–Crippen MR) is 135 cm³/mol. The second-order valence-corrected chi connectivity index (χ2v) is 9.69. The van der Waals surface area contributed by atoms with E-state index in [1.807, 2.05) is 35.7 Å². The van der Waals surface area contributed by atoms with Gasteiger partial charge in [0.1, 0.15) is 5.76 Å². The molecule has 35 heavy (non-hydrogen) atoms. The second-order valence-electron chi connectivity index (χ2n) is 8.74. The minimum Gasteiger partial charge on any atom is -0.467 e. The summed E-state index contributed by atoms with van der Waals surface area (Å²) < 4.78 is 5.63. The van der Waals surface area contributed by atoms with Crippen LogP contribution >= 0.6 is 11.3 Å². The van der Waals surface area contributed by atoms with Gasteiger partial charge < -0.3 is 20.0 Å². The molecule has 0 bridgehead atoms. The van der Waals surface area contributed by atoms with Gasteiger partial charge in [0.05, 0.1) is 17.7 Å². The number of hydrogen-bond acceptors (Lipinski definition) is 5. The first-order valence-corrected chi connectivity index (χ1v) is 13.0. The smallest absolute Gasteiger partial charge is 0.261 e. The maximum Gasteiger partial charge on any atom is 0.261 e. The first-order chi connectivity index (χ1) is 17.1. The summed E-state index contributed by atoms with van der Waals surface area (Å²) in [6.45, 7) is 0.0978. The molecule has 1 unspecified atom stereocenters. The van der Waals surface area contributed by atoms with E-state index >= 15 is 0 Å². The number of hydrogen-bond donors (Lipinski definition) is 2. The van der Waals surface area contributed by atoms with Crippen LogP contribution in [0.4, 0.5) is 0 Å². The van der Waals surface area contributed by atoms with E-state index in [4.69, 9.17) is 4.42 Å². The predicted octanol–water partition coefficient (Wildman–Crippen LogP) is 4.33. The van der Waals surface area contributed by atoms with Crippen LogP contribution in [0.1, 0.15) is 59.1 Å². The van der Waals surface area contributed by atoms with Gasteiger partial charge in [-0.1, -0.05) is 55.7 Å². The van der Waals surface area contributed by atoms with Crippen molar-refractivity contribution in [2.75, 3.05) is 13.1 Å². The molecule has 8 heteroatoms. The summed E-state index contributed by atoms with van der Waals surface area (Å²) in [6, 6.07) is 15.9. The molecule has 2 aromatic heterocycles. The normalized spacial score (nSPS) is 14.7. The highest BCUT2D eigenvalue weighted by atomic mass is 32.1. The maximum absolute atomic E-state index is 13.5. The minimum atomic E-state index is -0.915. The summed E-state index contributed by atoms with van der Waals surface area (Å²) in [5, 5.41) is 7.66. The molecule has 1 fully saturated rings. The Kier molecular flexibility index (Phi) is 8.73. The number of thiophene rings is 1. The van der Waals surface area contributed by atoms with Crippen molar-refractivity contribution in [1.29, 1.82) is 0 Å². The largest absolute Gasteiger partial charge is 0.467 e. The summed E-state index contributed by atoms with van der Waals surface area (Å²) in [7, 11) is 0. The summed E-state index contributed by atoms with van der Waals surface area (Å²) in [6.07, 6.45) is 7.30. The summed E-state index contributed by atoms with van der Waals surface area (Å²) in [5.74, 6) is -0.495. The lowest BCUT2D eigenvalue weighted by atomic mass is 9.95. The molecule has 0 saturated heterocycles. The van der Waals surface area contributed by atoms with Crippen molar-refractivity contribution in [2.24, 2.45) is 0 Å². The van der Waals surface area contributed by atoms with Crippen molar-refractivity contribution >= 4 is 29.1 Å². The zero-order chi connectivity index (χ0) is 24.5. The molecule has 2 N–H and O–H groups in total. The lowest BCUT2D eigenvalue weighted by molar-refractivity contribution is -0.141. The third-order valence-corrected chi connectivity index (χ3v) is 7.14. The highest BCUT2D eigenvalue weighted by Crippen LogP contribution is 2.25. The fourth-order valence-electron chi connectivity index (χ4n) is 4.44. The van der Waals surface area contributed by atoms with E-state index < -0.39 is 6.04 Å². The van der Waals surface area contributed by atoms with E-state index in [0.717, 1.165) is 31.2 Å². The van der Waals surface area contributed by atoms with Crippen LogP contribution in [-0.2, 0) is 16.0 Å². The molecule has 0 aliphatic heterocycles. The van der Waals surface area contributed by atoms with Gasteiger partial charge in [0.2, 0.25) is 5.91 Å². The van der Waals surface area contributed by atoms with Crippen molar-refractivity contribution in [3.8, 4) is 0 Å². The van der Waals surface area contributed by atoms with Crippen molar-refractivity contribution in [1.82, 2.24) is 15.5 Å². The van der Waals surface area contributed by atoms with Gasteiger partial charge in [-0.15, -0.1) is 11.3 Å². The summed E-state index contributed by atoms with van der Waals surface area (Å²) in [4.78, 5) is 41.5. The quantitative estimate of drug-likeness (QED) is 0.440. The van der Waals surface area contributed by atoms with Crippen molar-refractivity contribution in [3.63, 3.8) is 0 Å². The zero-order valence-corrected chi connectivity index (χ0v) is 20.5. The molecule has 1 saturated carbocycles. The minimum absolute atomic E-state index is 0.0957. The topological polar surface area (TPSA) is 91.7 Å². The Morgan fingerprint density at radius 2 is 1.80 bits per heavy atom. The third-order valence-electron chi connectivity index (χ3n) is 6.27. The molecule has 1 atom stereocenters. The number of benzene rings is 1. The number of nitrogens with zero attached hydrogens (tertiary/aromatic N) is 1. The van der Waals surface area contributed by atoms with Gasteiger partial charge in [0.25, 0.3) is 11.8 Å². The molecule has 184 valence electrons. The van der Waals surface area contributed by atoms with E-state index in [-0.39, 0.29) is 30.3 Å². The fraction of sp³-hybridized carbons (Fsp3) is 0.370. The number of rotatable bonds is 10. The first-order valence-electron chi connectivity index (χ1n) is 12.1. The summed E-state index contributed by atoms with van der Waals surface area (Å²) >= 11 is 1.31. The van der Waals surface area contributed by atoms with Gasteiger partial charge in [-0.05, 0) is 48.4 Å². The van der Waals surface area contributed by atoms with Crippen LogP contribution in [0.3, 0.4) is 0 Å². The van der Waals surface area contributed by atoms with Gasteiger partial charge in [-0.2, -0.15) is 0 Å². The zero-order valence-electron chi connectivity index (χ0n) is 19.7. The average Bonchev–Trinajstić information content (AvgIpc) is 3.61. The average molecular weight is 494 g/mol. The van der Waals surface area contributed by atoms with E-state index in [9.17, 15) is 14.4 Å². The molecule has 2 heterocycles. The Morgan fingerprint density at radius 1 is 1.00 bits per heavy atom. The first kappa shape index (κ1) is 24.7. The number of carbonyl (C=O) groups is 3. The van der Waals surface area contributed by atoms with E-state index in [1.165, 1.54) is 28.9 Å². The highest BCUT2D eigenvalue weighted by Gasteiger charge is 2.34. The van der Waals surface area contributed by atoms with Crippen LogP contribution < -0.4 is 10.6 Å². The number of carbonyl (C=O) groups excluding carboxylic acids is 3. The Bertz CT molecular complexity index is 1080. The fourth-order valence-corrected chi connectivity index (χ4v) is 5.08. The number of nitrogens with one attached hydrogen (secondary N) is 2. The van der Waals surface area contributed by atoms with Gasteiger partial charge in [-0.3, -0.25) is 14.4 Å². The molecule has 3 aromatic rings. The lowest BCUT2D eigenvalue weighted by Crippen LogP contribution is -2.49. The van der Waals surface area contributed by atoms with E-state index in [0.29, 0.717) is 23.6 Å². The van der Waals surface area contributed by atoms with Crippen molar-refractivity contribution in [2.45, 2.75) is 50.6 Å². The van der Waals surface area contributed by atoms with E-state index in [2.05, 4.69) is 10.6 Å². The molecular weight excluding hydrogens is 462 g/mol. The van der Waals surface area contributed by atoms with Crippen LogP contribution in [0.2, 0.25) is 0 Å². The molecule has 4 rings (SSSR count). The van der Waals surface area contributed by atoms with Crippen LogP contribution in [0, 0.1) is 0 Å². The van der Waals surface area contributed by atoms with Gasteiger partial charge in [0.15, 0.2) is 6.04 Å². The van der Waals surface area contributed by atoms with Crippen LogP contribution in [-0.4, -0.2) is 41.8 Å². The molecule has 7 nitrogen and oxygen atoms in total. The van der Waals surface area contributed by atoms with Crippen molar-refractivity contribution < 1.29 is 18.8 Å². The highest BCUT2D eigenvalue weighted by molar-refractivity contribution is 7.12. The molecule has 3 amide bonds. The second kappa shape index (κ2) is 12.4. The molecule has 1 aliphatic rings. The van der Waals surface area contributed by atoms with Crippen LogP contribution in [0.25, 0.3) is 0 Å². The van der Waals surface area contributed by atoms with E-state index in [1.54, 1.807) is 24.3 Å². The van der Waals surface area contributed by atoms with Crippen molar-refractivity contribution in [3.05, 3.63) is 82.4 Å². The Hall–Kier alpha value is -3.39. The molecule has 1 aliphatic carbocycles. The molecule has 1 aromatic carbocycles. The van der Waals surface area contributed by atoms with Gasteiger partial charge in [-0.25, -0.2) is 0 Å². The Morgan fingerprint density at radius 3 is 2.49 bits per heavy atom. The van der Waals surface area contributed by atoms with Crippen LogP contribution in [0.15, 0.2) is 70.7 Å². The lowest BCUT2D eigenvalue weighted by Gasteiger charge is -2.32. The van der Waals surface area contributed by atoms with Crippen LogP contribution in [0.5, 0.6) is 0 Å². The number of amides is 3. The summed E-state index contributed by atoms with van der Waals surface area (Å²) in [5.41, 5.74) is 1.05. The maximum atomic E-state index is 13.5. The Balaban J connectivity index is 1.54. The molecule has 0 radical (unpaired) electrons. The monoisotopic (exact) mass is 493 g/mol. The molecular formula is C27H31N3O4S. The number of furan rings is 1. The standard InChI is InChI=1S/C27H31N3O4S/c31-24(19-28-26(32)23-14-8-18-35-23)30(16-15-20-9-3-1-4-10-20)25(22-13-7-17-34-22)27(33)29-21-11-5-2-6-12-21/h1,3-4,7-10,13-14,17-18,21,25H,2,5-6,11-12,15-16,19H2,(H,28,32)(H,29,33).